The van der Waals surface area contributed by atoms with E-state index in [4.69, 9.17) is 16.3 Å². The molecule has 1 aliphatic heterocycles. The molecule has 0 unspecified atom stereocenters. The molecule has 31 heavy (non-hydrogen) atoms. The van der Waals surface area contributed by atoms with E-state index >= 15 is 0 Å². The molecule has 1 saturated heterocycles. The van der Waals surface area contributed by atoms with E-state index in [1.807, 2.05) is 4.90 Å². The van der Waals surface area contributed by atoms with Crippen LogP contribution in [0.4, 0.5) is 21.5 Å². The van der Waals surface area contributed by atoms with Gasteiger partial charge in [0, 0.05) is 37.5 Å². The zero-order valence-electron chi connectivity index (χ0n) is 17.4. The van der Waals surface area contributed by atoms with Crippen LogP contribution in [-0.4, -0.2) is 43.0 Å². The number of nitrogens with zero attached hydrogens (tertiary/aromatic N) is 3. The van der Waals surface area contributed by atoms with Crippen molar-refractivity contribution in [2.24, 2.45) is 11.6 Å². The van der Waals surface area contributed by atoms with Crippen molar-refractivity contribution in [3.05, 3.63) is 59.4 Å². The molecule has 0 spiro atoms. The van der Waals surface area contributed by atoms with Crippen molar-refractivity contribution in [3.8, 4) is 0 Å². The molecule has 0 atom stereocenters. The maximum absolute atomic E-state index is 14.2. The smallest absolute Gasteiger partial charge is 0.255 e. The predicted molar refractivity (Wildman–Crippen MR) is 116 cm³/mol. The number of halogens is 1. The number of ketones is 1. The number of nitrogens with one attached hydrogen (secondary N) is 1. The number of aryl methyl sites for hydroxylation is 1. The van der Waals surface area contributed by atoms with E-state index in [0.29, 0.717) is 49.1 Å². The first-order valence-electron chi connectivity index (χ1n) is 9.68. The number of carbonyl (C=O) groups excluding carboxylic acids is 2. The molecule has 1 amide bonds. The summed E-state index contributed by atoms with van der Waals surface area (Å²) in [5, 5.41) is 3.86. The predicted octanol–water partition coefficient (Wildman–Crippen LogP) is 1.69. The number of carbonyl (C=O) groups is 2. The normalized spacial score (nSPS) is 14.3. The van der Waals surface area contributed by atoms with Crippen molar-refractivity contribution in [2.45, 2.75) is 13.8 Å². The maximum Gasteiger partial charge on any atom is 0.255 e. The van der Waals surface area contributed by atoms with E-state index in [0.717, 1.165) is 5.01 Å². The van der Waals surface area contributed by atoms with E-state index < -0.39 is 11.7 Å². The number of aromatic nitrogens is 1. The van der Waals surface area contributed by atoms with Crippen molar-refractivity contribution < 1.29 is 18.7 Å². The van der Waals surface area contributed by atoms with Crippen LogP contribution in [0.2, 0.25) is 0 Å². The Morgan fingerprint density at radius 1 is 1.26 bits per heavy atom. The molecular weight excluding hydrogens is 403 g/mol. The van der Waals surface area contributed by atoms with Crippen LogP contribution in [0, 0.1) is 12.7 Å². The van der Waals surface area contributed by atoms with Gasteiger partial charge in [0.1, 0.15) is 5.82 Å². The van der Waals surface area contributed by atoms with E-state index in [9.17, 15) is 14.0 Å². The van der Waals surface area contributed by atoms with Crippen molar-refractivity contribution >= 4 is 28.8 Å². The highest BCUT2D eigenvalue weighted by Gasteiger charge is 2.16. The fraction of sp³-hybridized carbons (Fsp3) is 0.286. The number of morpholine rings is 1. The number of anilines is 3. The number of hydrogen-bond acceptors (Lipinski definition) is 8. The lowest BCUT2D eigenvalue weighted by Crippen LogP contribution is -2.36. The minimum Gasteiger partial charge on any atom is -0.395 e. The Morgan fingerprint density at radius 3 is 2.65 bits per heavy atom. The summed E-state index contributed by atoms with van der Waals surface area (Å²) in [6.45, 7) is 5.39. The number of amides is 1. The number of nitrogens with two attached hydrogens (primary N) is 2. The lowest BCUT2D eigenvalue weighted by molar-refractivity contribution is -0.113. The summed E-state index contributed by atoms with van der Waals surface area (Å²) in [5.74, 6) is 4.65. The van der Waals surface area contributed by atoms with Crippen LogP contribution < -0.4 is 26.8 Å². The average molecular weight is 428 g/mol. The molecule has 0 radical (unpaired) electrons. The van der Waals surface area contributed by atoms with Gasteiger partial charge < -0.3 is 20.7 Å². The third kappa shape index (κ3) is 5.56. The first kappa shape index (κ1) is 22.2. The Balaban J connectivity index is 1.81. The largest absolute Gasteiger partial charge is 0.395 e. The van der Waals surface area contributed by atoms with Gasteiger partial charge in [-0.1, -0.05) is 0 Å². The van der Waals surface area contributed by atoms with Gasteiger partial charge in [0.05, 0.1) is 42.2 Å². The summed E-state index contributed by atoms with van der Waals surface area (Å²) in [7, 11) is 0. The van der Waals surface area contributed by atoms with Crippen molar-refractivity contribution in [1.29, 1.82) is 0 Å². The second kappa shape index (κ2) is 9.54. The van der Waals surface area contributed by atoms with Crippen LogP contribution in [0.15, 0.2) is 42.4 Å². The number of allylic oxidation sites excluding steroid dienone is 1. The second-order valence-corrected chi connectivity index (χ2v) is 7.13. The van der Waals surface area contributed by atoms with Crippen molar-refractivity contribution in [2.75, 3.05) is 41.5 Å². The van der Waals surface area contributed by atoms with Crippen molar-refractivity contribution in [1.82, 2.24) is 4.98 Å². The summed E-state index contributed by atoms with van der Waals surface area (Å²) >= 11 is 0. The SMILES string of the molecule is CC(=O)/C(N)=C/N(N)c1cc(NC(=O)c2cc(F)cc(N3CCOCC3)c2)cnc1C. The minimum absolute atomic E-state index is 0.0215. The Morgan fingerprint density at radius 2 is 1.97 bits per heavy atom. The van der Waals surface area contributed by atoms with E-state index in [1.165, 1.54) is 31.5 Å². The standard InChI is InChI=1S/C21H25FN6O3/c1-13-20(28(24)12-19(23)14(2)29)10-17(11-25-13)26-21(30)15-7-16(22)9-18(8-15)27-3-5-31-6-4-27/h7-12H,3-6,23-24H2,1-2H3,(H,26,30)/b19-12-. The van der Waals surface area contributed by atoms with Gasteiger partial charge >= 0.3 is 0 Å². The molecule has 1 aromatic heterocycles. The van der Waals surface area contributed by atoms with Gasteiger partial charge in [0.2, 0.25) is 0 Å². The highest BCUT2D eigenvalue weighted by Crippen LogP contribution is 2.23. The third-order valence-corrected chi connectivity index (χ3v) is 4.80. The summed E-state index contributed by atoms with van der Waals surface area (Å²) in [5.41, 5.74) is 7.77. The fourth-order valence-electron chi connectivity index (χ4n) is 3.07. The van der Waals surface area contributed by atoms with Gasteiger partial charge in [0.15, 0.2) is 5.78 Å². The topological polar surface area (TPSA) is 127 Å². The van der Waals surface area contributed by atoms with Gasteiger partial charge in [-0.25, -0.2) is 10.2 Å². The highest BCUT2D eigenvalue weighted by atomic mass is 19.1. The molecule has 5 N–H and O–H groups in total. The average Bonchev–Trinajstić information content (AvgIpc) is 2.75. The molecule has 164 valence electrons. The fourth-order valence-corrected chi connectivity index (χ4v) is 3.07. The molecule has 10 heteroatoms. The molecule has 9 nitrogen and oxygen atoms in total. The molecule has 2 heterocycles. The minimum atomic E-state index is -0.505. The van der Waals surface area contributed by atoms with Gasteiger partial charge in [-0.2, -0.15) is 0 Å². The zero-order valence-corrected chi connectivity index (χ0v) is 17.4. The van der Waals surface area contributed by atoms with Crippen LogP contribution in [0.3, 0.4) is 0 Å². The summed E-state index contributed by atoms with van der Waals surface area (Å²) in [6.07, 6.45) is 2.74. The quantitative estimate of drug-likeness (QED) is 0.360. The monoisotopic (exact) mass is 428 g/mol. The molecule has 2 aromatic rings. The summed E-state index contributed by atoms with van der Waals surface area (Å²) in [4.78, 5) is 30.3. The molecule has 1 fully saturated rings. The number of Topliss-reactive ketones (excluding diaryl/α,β-unsaturated/α-hetero) is 1. The van der Waals surface area contributed by atoms with Gasteiger partial charge in [0.25, 0.3) is 5.91 Å². The Kier molecular flexibility index (Phi) is 6.83. The molecule has 0 bridgehead atoms. The number of benzene rings is 1. The third-order valence-electron chi connectivity index (χ3n) is 4.80. The molecular formula is C21H25FN6O3. The lowest BCUT2D eigenvalue weighted by atomic mass is 10.1. The number of ether oxygens (including phenoxy) is 1. The van der Waals surface area contributed by atoms with Gasteiger partial charge in [-0.05, 0) is 31.2 Å². The Bertz CT molecular complexity index is 1020. The maximum atomic E-state index is 14.2. The molecule has 1 aromatic carbocycles. The number of hydrogen-bond donors (Lipinski definition) is 3. The van der Waals surface area contributed by atoms with E-state index in [1.54, 1.807) is 19.1 Å². The molecule has 3 rings (SSSR count). The lowest BCUT2D eigenvalue weighted by Gasteiger charge is -2.29. The second-order valence-electron chi connectivity index (χ2n) is 7.13. The summed E-state index contributed by atoms with van der Waals surface area (Å²) in [6, 6.07) is 5.79. The van der Waals surface area contributed by atoms with Crippen LogP contribution in [0.5, 0.6) is 0 Å². The zero-order chi connectivity index (χ0) is 22.5. The Hall–Kier alpha value is -3.50. The molecule has 0 saturated carbocycles. The van der Waals surface area contributed by atoms with E-state index in [-0.39, 0.29) is 17.0 Å². The molecule has 1 aliphatic rings. The molecule has 0 aliphatic carbocycles. The van der Waals surface area contributed by atoms with Gasteiger partial charge in [-0.3, -0.25) is 19.6 Å². The number of rotatable bonds is 6. The van der Waals surface area contributed by atoms with Crippen LogP contribution in [0.25, 0.3) is 0 Å². The summed E-state index contributed by atoms with van der Waals surface area (Å²) < 4.78 is 19.5. The first-order chi connectivity index (χ1) is 14.7. The Labute approximate surface area is 179 Å². The van der Waals surface area contributed by atoms with Crippen molar-refractivity contribution in [3.63, 3.8) is 0 Å². The van der Waals surface area contributed by atoms with Gasteiger partial charge in [-0.15, -0.1) is 0 Å². The number of hydrazine groups is 1. The van der Waals surface area contributed by atoms with Crippen LogP contribution >= 0.6 is 0 Å². The van der Waals surface area contributed by atoms with E-state index in [2.05, 4.69) is 10.3 Å². The highest BCUT2D eigenvalue weighted by molar-refractivity contribution is 6.05. The van der Waals surface area contributed by atoms with Crippen LogP contribution in [0.1, 0.15) is 23.0 Å². The number of pyridine rings is 1. The van der Waals surface area contributed by atoms with Crippen LogP contribution in [-0.2, 0) is 9.53 Å². The first-order valence-corrected chi connectivity index (χ1v) is 9.68.